The van der Waals surface area contributed by atoms with E-state index in [0.717, 1.165) is 12.2 Å². The zero-order chi connectivity index (χ0) is 13.4. The van der Waals surface area contributed by atoms with E-state index in [9.17, 15) is 0 Å². The molecule has 0 aliphatic rings. The summed E-state index contributed by atoms with van der Waals surface area (Å²) in [4.78, 5) is 5.51. The summed E-state index contributed by atoms with van der Waals surface area (Å²) in [6, 6.07) is 8.54. The number of thiazole rings is 1. The number of aromatic nitrogens is 1. The molecule has 96 valence electrons. The Kier molecular flexibility index (Phi) is 6.15. The number of nitrogens with zero attached hydrogens (tertiary/aromatic N) is 1. The quantitative estimate of drug-likeness (QED) is 0.882. The SMILES string of the molecule is C=CNCc1ccc(-c2scnc2C)cc1.CC. The van der Waals surface area contributed by atoms with Gasteiger partial charge in [0.25, 0.3) is 0 Å². The molecule has 0 fully saturated rings. The van der Waals surface area contributed by atoms with Crippen LogP contribution in [-0.4, -0.2) is 4.98 Å². The van der Waals surface area contributed by atoms with Crippen molar-refractivity contribution in [2.75, 3.05) is 0 Å². The molecule has 0 aliphatic carbocycles. The van der Waals surface area contributed by atoms with E-state index in [4.69, 9.17) is 0 Å². The minimum absolute atomic E-state index is 0.825. The number of benzene rings is 1. The Morgan fingerprint density at radius 2 is 1.94 bits per heavy atom. The van der Waals surface area contributed by atoms with Gasteiger partial charge in [-0.3, -0.25) is 0 Å². The van der Waals surface area contributed by atoms with Gasteiger partial charge in [-0.15, -0.1) is 11.3 Å². The fourth-order valence-electron chi connectivity index (χ4n) is 1.54. The maximum Gasteiger partial charge on any atom is 0.0801 e. The van der Waals surface area contributed by atoms with Gasteiger partial charge in [-0.2, -0.15) is 0 Å². The van der Waals surface area contributed by atoms with Crippen LogP contribution in [0.4, 0.5) is 0 Å². The van der Waals surface area contributed by atoms with Crippen molar-refractivity contribution in [2.45, 2.75) is 27.3 Å². The summed E-state index contributed by atoms with van der Waals surface area (Å²) in [7, 11) is 0. The predicted molar refractivity (Wildman–Crippen MR) is 80.7 cm³/mol. The van der Waals surface area contributed by atoms with E-state index in [1.807, 2.05) is 26.3 Å². The summed E-state index contributed by atoms with van der Waals surface area (Å²) in [5.74, 6) is 0. The summed E-state index contributed by atoms with van der Waals surface area (Å²) >= 11 is 1.68. The molecule has 3 heteroatoms. The van der Waals surface area contributed by atoms with Crippen LogP contribution in [0.5, 0.6) is 0 Å². The molecular formula is C15H20N2S. The molecule has 1 N–H and O–H groups in total. The molecule has 0 unspecified atom stereocenters. The molecule has 0 radical (unpaired) electrons. The number of nitrogens with one attached hydrogen (secondary N) is 1. The zero-order valence-electron chi connectivity index (χ0n) is 11.2. The molecule has 1 aromatic carbocycles. The van der Waals surface area contributed by atoms with Crippen LogP contribution >= 0.6 is 11.3 Å². The predicted octanol–water partition coefficient (Wildman–Crippen LogP) is 4.38. The molecule has 2 aromatic rings. The summed E-state index contributed by atoms with van der Waals surface area (Å²) in [6.45, 7) is 10.5. The summed E-state index contributed by atoms with van der Waals surface area (Å²) in [6.07, 6.45) is 1.71. The summed E-state index contributed by atoms with van der Waals surface area (Å²) < 4.78 is 0. The second kappa shape index (κ2) is 7.67. The fraction of sp³-hybridized carbons (Fsp3) is 0.267. The molecule has 0 aliphatic heterocycles. The monoisotopic (exact) mass is 260 g/mol. The van der Waals surface area contributed by atoms with Crippen LogP contribution in [0.3, 0.4) is 0 Å². The first-order chi connectivity index (χ1) is 8.81. The first-order valence-corrected chi connectivity index (χ1v) is 7.03. The molecule has 0 spiro atoms. The Hall–Kier alpha value is -1.61. The van der Waals surface area contributed by atoms with Crippen molar-refractivity contribution in [3.63, 3.8) is 0 Å². The van der Waals surface area contributed by atoms with E-state index in [-0.39, 0.29) is 0 Å². The van der Waals surface area contributed by atoms with E-state index in [1.165, 1.54) is 16.0 Å². The molecule has 2 nitrogen and oxygen atoms in total. The van der Waals surface area contributed by atoms with Gasteiger partial charge < -0.3 is 5.32 Å². The van der Waals surface area contributed by atoms with Crippen molar-refractivity contribution in [1.82, 2.24) is 10.3 Å². The average molecular weight is 260 g/mol. The van der Waals surface area contributed by atoms with Crippen molar-refractivity contribution in [3.8, 4) is 10.4 Å². The molecular weight excluding hydrogens is 240 g/mol. The van der Waals surface area contributed by atoms with Gasteiger partial charge in [0.15, 0.2) is 0 Å². The van der Waals surface area contributed by atoms with Gasteiger partial charge in [0.2, 0.25) is 0 Å². The van der Waals surface area contributed by atoms with Crippen LogP contribution in [0.2, 0.25) is 0 Å². The first-order valence-electron chi connectivity index (χ1n) is 6.15. The molecule has 0 atom stereocenters. The first kappa shape index (κ1) is 14.5. The molecule has 0 saturated carbocycles. The summed E-state index contributed by atoms with van der Waals surface area (Å²) in [5, 5.41) is 3.08. The van der Waals surface area contributed by atoms with E-state index < -0.39 is 0 Å². The highest BCUT2D eigenvalue weighted by molar-refractivity contribution is 7.13. The molecule has 1 heterocycles. The molecule has 0 saturated heterocycles. The van der Waals surface area contributed by atoms with Crippen LogP contribution in [-0.2, 0) is 6.54 Å². The number of aryl methyl sites for hydroxylation is 1. The van der Waals surface area contributed by atoms with Crippen molar-refractivity contribution in [2.24, 2.45) is 0 Å². The lowest BCUT2D eigenvalue weighted by Crippen LogP contribution is -2.02. The third-order valence-corrected chi connectivity index (χ3v) is 3.39. The summed E-state index contributed by atoms with van der Waals surface area (Å²) in [5.41, 5.74) is 5.48. The minimum atomic E-state index is 0.825. The van der Waals surface area contributed by atoms with Crippen LogP contribution < -0.4 is 5.32 Å². The van der Waals surface area contributed by atoms with E-state index in [2.05, 4.69) is 41.1 Å². The van der Waals surface area contributed by atoms with E-state index in [0.29, 0.717) is 0 Å². The van der Waals surface area contributed by atoms with Crippen LogP contribution in [0.1, 0.15) is 25.1 Å². The van der Waals surface area contributed by atoms with Crippen LogP contribution in [0.15, 0.2) is 42.6 Å². The Bertz CT molecular complexity index is 471. The Morgan fingerprint density at radius 3 is 2.44 bits per heavy atom. The lowest BCUT2D eigenvalue weighted by atomic mass is 10.1. The molecule has 2 rings (SSSR count). The largest absolute Gasteiger partial charge is 0.387 e. The second-order valence-corrected chi connectivity index (χ2v) is 4.40. The van der Waals surface area contributed by atoms with Gasteiger partial charge in [-0.1, -0.05) is 44.7 Å². The maximum absolute atomic E-state index is 4.26. The molecule has 0 bridgehead atoms. The number of rotatable bonds is 4. The van der Waals surface area contributed by atoms with Crippen molar-refractivity contribution >= 4 is 11.3 Å². The van der Waals surface area contributed by atoms with Crippen molar-refractivity contribution in [1.29, 1.82) is 0 Å². The normalized spacial score (nSPS) is 9.28. The average Bonchev–Trinajstić information content (AvgIpc) is 2.86. The molecule has 1 aromatic heterocycles. The maximum atomic E-state index is 4.26. The molecule has 18 heavy (non-hydrogen) atoms. The number of hydrogen-bond acceptors (Lipinski definition) is 3. The lowest BCUT2D eigenvalue weighted by Gasteiger charge is -2.03. The number of hydrogen-bond donors (Lipinski definition) is 1. The third-order valence-electron chi connectivity index (χ3n) is 2.41. The fourth-order valence-corrected chi connectivity index (χ4v) is 2.35. The van der Waals surface area contributed by atoms with Gasteiger partial charge >= 0.3 is 0 Å². The van der Waals surface area contributed by atoms with Gasteiger partial charge in [0, 0.05) is 6.54 Å². The Balaban J connectivity index is 0.000000771. The van der Waals surface area contributed by atoms with Crippen molar-refractivity contribution in [3.05, 3.63) is 53.8 Å². The van der Waals surface area contributed by atoms with Gasteiger partial charge in [-0.25, -0.2) is 4.98 Å². The van der Waals surface area contributed by atoms with Gasteiger partial charge in [0.1, 0.15) is 0 Å². The zero-order valence-corrected chi connectivity index (χ0v) is 12.1. The lowest BCUT2D eigenvalue weighted by molar-refractivity contribution is 0.873. The standard InChI is InChI=1S/C13H14N2S.C2H6/c1-3-14-8-11-4-6-12(7-5-11)13-10(2)15-9-16-13;1-2/h3-7,9,14H,1,8H2,2H3;1-2H3. The molecule has 0 amide bonds. The topological polar surface area (TPSA) is 24.9 Å². The third kappa shape index (κ3) is 3.70. The van der Waals surface area contributed by atoms with E-state index >= 15 is 0 Å². The van der Waals surface area contributed by atoms with E-state index in [1.54, 1.807) is 17.5 Å². The second-order valence-electron chi connectivity index (χ2n) is 3.55. The Labute approximate surface area is 113 Å². The minimum Gasteiger partial charge on any atom is -0.387 e. The smallest absolute Gasteiger partial charge is 0.0801 e. The van der Waals surface area contributed by atoms with Gasteiger partial charge in [-0.05, 0) is 24.3 Å². The van der Waals surface area contributed by atoms with Gasteiger partial charge in [0.05, 0.1) is 16.1 Å². The highest BCUT2D eigenvalue weighted by atomic mass is 32.1. The van der Waals surface area contributed by atoms with Crippen LogP contribution in [0, 0.1) is 6.92 Å². The van der Waals surface area contributed by atoms with Crippen LogP contribution in [0.25, 0.3) is 10.4 Å². The highest BCUT2D eigenvalue weighted by Gasteiger charge is 2.03. The highest BCUT2D eigenvalue weighted by Crippen LogP contribution is 2.27. The van der Waals surface area contributed by atoms with Crippen molar-refractivity contribution < 1.29 is 0 Å². The Morgan fingerprint density at radius 1 is 1.28 bits per heavy atom.